The van der Waals surface area contributed by atoms with Crippen molar-refractivity contribution in [2.75, 3.05) is 37.7 Å². The monoisotopic (exact) mass is 375 g/mol. The number of piperidine rings is 1. The van der Waals surface area contributed by atoms with Crippen molar-refractivity contribution in [3.63, 3.8) is 0 Å². The van der Waals surface area contributed by atoms with Crippen LogP contribution in [0.1, 0.15) is 26.2 Å². The van der Waals surface area contributed by atoms with E-state index < -0.39 is 6.09 Å². The molecule has 1 fully saturated rings. The van der Waals surface area contributed by atoms with Gasteiger partial charge in [0, 0.05) is 32.1 Å². The van der Waals surface area contributed by atoms with Crippen LogP contribution < -0.4 is 15.0 Å². The Morgan fingerprint density at radius 1 is 1.33 bits per heavy atom. The molecule has 27 heavy (non-hydrogen) atoms. The van der Waals surface area contributed by atoms with Crippen molar-refractivity contribution < 1.29 is 23.9 Å². The number of para-hydroxylation sites is 2. The average molecular weight is 375 g/mol. The van der Waals surface area contributed by atoms with Crippen LogP contribution in [0.2, 0.25) is 0 Å². The highest BCUT2D eigenvalue weighted by Gasteiger charge is 2.28. The Bertz CT molecular complexity index is 708. The molecule has 8 nitrogen and oxygen atoms in total. The smallest absolute Gasteiger partial charge is 0.407 e. The van der Waals surface area contributed by atoms with Gasteiger partial charge in [0.2, 0.25) is 5.91 Å². The zero-order valence-corrected chi connectivity index (χ0v) is 15.5. The number of ether oxygens (including phenoxy) is 2. The zero-order valence-electron chi connectivity index (χ0n) is 15.5. The van der Waals surface area contributed by atoms with E-state index in [1.807, 2.05) is 24.3 Å². The fraction of sp³-hybridized carbons (Fsp3) is 0.526. The SMILES string of the molecule is CCOC(=O)NC1CCCN(C(=O)CCN2C(=O)COc3ccccc32)C1. The first kappa shape index (κ1) is 19.0. The number of fused-ring (bicyclic) bond motifs is 1. The largest absolute Gasteiger partial charge is 0.482 e. The summed E-state index contributed by atoms with van der Waals surface area (Å²) in [6, 6.07) is 7.21. The molecule has 2 aliphatic rings. The second-order valence-corrected chi connectivity index (χ2v) is 6.60. The molecule has 1 unspecified atom stereocenters. The Hall–Kier alpha value is -2.77. The van der Waals surface area contributed by atoms with E-state index in [1.165, 1.54) is 0 Å². The van der Waals surface area contributed by atoms with E-state index >= 15 is 0 Å². The van der Waals surface area contributed by atoms with E-state index in [9.17, 15) is 14.4 Å². The molecule has 1 N–H and O–H groups in total. The van der Waals surface area contributed by atoms with Gasteiger partial charge in [0.05, 0.1) is 12.3 Å². The highest BCUT2D eigenvalue weighted by molar-refractivity contribution is 5.98. The summed E-state index contributed by atoms with van der Waals surface area (Å²) >= 11 is 0. The third kappa shape index (κ3) is 4.69. The minimum Gasteiger partial charge on any atom is -0.482 e. The van der Waals surface area contributed by atoms with Crippen molar-refractivity contribution in [3.8, 4) is 5.75 Å². The van der Waals surface area contributed by atoms with Gasteiger partial charge in [-0.25, -0.2) is 4.79 Å². The summed E-state index contributed by atoms with van der Waals surface area (Å²) in [6.07, 6.45) is 1.42. The first-order chi connectivity index (χ1) is 13.1. The lowest BCUT2D eigenvalue weighted by Gasteiger charge is -2.34. The summed E-state index contributed by atoms with van der Waals surface area (Å²) in [5.74, 6) is 0.477. The third-order valence-corrected chi connectivity index (χ3v) is 4.73. The Kier molecular flexibility index (Phi) is 6.16. The maximum absolute atomic E-state index is 12.6. The highest BCUT2D eigenvalue weighted by Crippen LogP contribution is 2.31. The van der Waals surface area contributed by atoms with E-state index in [0.717, 1.165) is 12.8 Å². The van der Waals surface area contributed by atoms with Gasteiger partial charge in [-0.15, -0.1) is 0 Å². The van der Waals surface area contributed by atoms with Crippen molar-refractivity contribution in [1.82, 2.24) is 10.2 Å². The second-order valence-electron chi connectivity index (χ2n) is 6.60. The van der Waals surface area contributed by atoms with Gasteiger partial charge in [0.1, 0.15) is 5.75 Å². The zero-order chi connectivity index (χ0) is 19.2. The number of benzene rings is 1. The molecule has 2 heterocycles. The molecule has 146 valence electrons. The molecule has 0 saturated carbocycles. The van der Waals surface area contributed by atoms with Crippen LogP contribution in [0.4, 0.5) is 10.5 Å². The predicted octanol–water partition coefficient (Wildman–Crippen LogP) is 1.54. The van der Waals surface area contributed by atoms with Crippen LogP contribution in [-0.4, -0.2) is 61.7 Å². The number of hydrogen-bond acceptors (Lipinski definition) is 5. The van der Waals surface area contributed by atoms with Gasteiger partial charge in [0.25, 0.3) is 5.91 Å². The number of hydrogen-bond donors (Lipinski definition) is 1. The minimum atomic E-state index is -0.452. The van der Waals surface area contributed by atoms with Gasteiger partial charge < -0.3 is 24.6 Å². The number of alkyl carbamates (subject to hydrolysis) is 1. The molecule has 1 aromatic rings. The molecule has 3 amide bonds. The number of carbonyl (C=O) groups excluding carboxylic acids is 3. The average Bonchev–Trinajstić information content (AvgIpc) is 2.67. The molecule has 0 aromatic heterocycles. The lowest BCUT2D eigenvalue weighted by molar-refractivity contribution is -0.132. The normalized spacial score (nSPS) is 19.1. The molecular weight excluding hydrogens is 350 g/mol. The first-order valence-electron chi connectivity index (χ1n) is 9.31. The van der Waals surface area contributed by atoms with Crippen LogP contribution in [0.25, 0.3) is 0 Å². The molecule has 0 bridgehead atoms. The molecule has 0 radical (unpaired) electrons. The first-order valence-corrected chi connectivity index (χ1v) is 9.31. The summed E-state index contributed by atoms with van der Waals surface area (Å²) in [4.78, 5) is 39.8. The van der Waals surface area contributed by atoms with E-state index in [2.05, 4.69) is 5.32 Å². The topological polar surface area (TPSA) is 88.2 Å². The van der Waals surface area contributed by atoms with Crippen molar-refractivity contribution in [3.05, 3.63) is 24.3 Å². The lowest BCUT2D eigenvalue weighted by Crippen LogP contribution is -2.50. The fourth-order valence-electron chi connectivity index (χ4n) is 3.43. The van der Waals surface area contributed by atoms with Crippen LogP contribution >= 0.6 is 0 Å². The van der Waals surface area contributed by atoms with Crippen LogP contribution in [0.15, 0.2) is 24.3 Å². The number of anilines is 1. The van der Waals surface area contributed by atoms with E-state index in [1.54, 1.807) is 16.7 Å². The lowest BCUT2D eigenvalue weighted by atomic mass is 10.1. The molecule has 8 heteroatoms. The van der Waals surface area contributed by atoms with Crippen LogP contribution in [-0.2, 0) is 14.3 Å². The maximum atomic E-state index is 12.6. The number of likely N-dealkylation sites (tertiary alicyclic amines) is 1. The van der Waals surface area contributed by atoms with Crippen LogP contribution in [0.5, 0.6) is 5.75 Å². The van der Waals surface area contributed by atoms with E-state index in [-0.39, 0.29) is 30.9 Å². The van der Waals surface area contributed by atoms with Crippen molar-refractivity contribution in [2.24, 2.45) is 0 Å². The Morgan fingerprint density at radius 2 is 2.15 bits per heavy atom. The van der Waals surface area contributed by atoms with Crippen molar-refractivity contribution >= 4 is 23.6 Å². The summed E-state index contributed by atoms with van der Waals surface area (Å²) in [5.41, 5.74) is 0.696. The minimum absolute atomic E-state index is 0.0134. The Morgan fingerprint density at radius 3 is 2.96 bits per heavy atom. The van der Waals surface area contributed by atoms with Gasteiger partial charge in [-0.1, -0.05) is 12.1 Å². The Labute approximate surface area is 158 Å². The number of nitrogens with one attached hydrogen (secondary N) is 1. The second kappa shape index (κ2) is 8.75. The van der Waals surface area contributed by atoms with Crippen molar-refractivity contribution in [2.45, 2.75) is 32.2 Å². The highest BCUT2D eigenvalue weighted by atomic mass is 16.5. The maximum Gasteiger partial charge on any atom is 0.407 e. The fourth-order valence-corrected chi connectivity index (χ4v) is 3.43. The third-order valence-electron chi connectivity index (χ3n) is 4.73. The summed E-state index contributed by atoms with van der Waals surface area (Å²) in [7, 11) is 0. The molecule has 1 saturated heterocycles. The standard InChI is InChI=1S/C19H25N3O5/c1-2-26-19(25)20-14-6-5-10-21(12-14)17(23)9-11-22-15-7-3-4-8-16(15)27-13-18(22)24/h3-4,7-8,14H,2,5-6,9-13H2,1H3,(H,20,25). The van der Waals surface area contributed by atoms with E-state index in [4.69, 9.17) is 9.47 Å². The van der Waals surface area contributed by atoms with Crippen LogP contribution in [0.3, 0.4) is 0 Å². The molecule has 0 aliphatic carbocycles. The quantitative estimate of drug-likeness (QED) is 0.843. The molecule has 0 spiro atoms. The summed E-state index contributed by atoms with van der Waals surface area (Å²) in [6.45, 7) is 3.49. The number of amides is 3. The molecule has 2 aliphatic heterocycles. The predicted molar refractivity (Wildman–Crippen MR) is 98.7 cm³/mol. The number of nitrogens with zero attached hydrogens (tertiary/aromatic N) is 2. The molecule has 1 aromatic carbocycles. The van der Waals surface area contributed by atoms with Gasteiger partial charge in [-0.3, -0.25) is 9.59 Å². The number of rotatable bonds is 5. The molecular formula is C19H25N3O5. The Balaban J connectivity index is 1.55. The van der Waals surface area contributed by atoms with Gasteiger partial charge in [0.15, 0.2) is 6.61 Å². The molecule has 1 atom stereocenters. The van der Waals surface area contributed by atoms with Gasteiger partial charge >= 0.3 is 6.09 Å². The van der Waals surface area contributed by atoms with E-state index in [0.29, 0.717) is 37.7 Å². The van der Waals surface area contributed by atoms with Gasteiger partial charge in [-0.05, 0) is 31.9 Å². The summed E-state index contributed by atoms with van der Waals surface area (Å²) in [5, 5.41) is 2.79. The molecule has 3 rings (SSSR count). The van der Waals surface area contributed by atoms with Crippen LogP contribution in [0, 0.1) is 0 Å². The van der Waals surface area contributed by atoms with Crippen molar-refractivity contribution in [1.29, 1.82) is 0 Å². The number of carbonyl (C=O) groups is 3. The summed E-state index contributed by atoms with van der Waals surface area (Å²) < 4.78 is 10.3. The van der Waals surface area contributed by atoms with Gasteiger partial charge in [-0.2, -0.15) is 0 Å².